The smallest absolute Gasteiger partial charge is 0.262 e. The van der Waals surface area contributed by atoms with E-state index in [-0.39, 0.29) is 24.7 Å². The Morgan fingerprint density at radius 2 is 2.24 bits per heavy atom. The monoisotopic (exact) mass is 294 g/mol. The van der Waals surface area contributed by atoms with Gasteiger partial charge in [-0.05, 0) is 32.9 Å². The Labute approximate surface area is 124 Å². The SMILES string of the molecule is CC(C)(C)NCC(O)COc1ccc2c(c1)NC(=O)CO2. The van der Waals surface area contributed by atoms with Crippen LogP contribution in [0.25, 0.3) is 0 Å². The summed E-state index contributed by atoms with van der Waals surface area (Å²) in [6.45, 7) is 6.77. The van der Waals surface area contributed by atoms with Crippen LogP contribution in [0.4, 0.5) is 5.69 Å². The van der Waals surface area contributed by atoms with Crippen LogP contribution in [0.5, 0.6) is 11.5 Å². The summed E-state index contributed by atoms with van der Waals surface area (Å²) in [6, 6.07) is 5.18. The van der Waals surface area contributed by atoms with Crippen LogP contribution in [0.1, 0.15) is 20.8 Å². The van der Waals surface area contributed by atoms with Crippen LogP contribution < -0.4 is 20.1 Å². The molecule has 0 aromatic heterocycles. The lowest BCUT2D eigenvalue weighted by atomic mass is 10.1. The highest BCUT2D eigenvalue weighted by atomic mass is 16.5. The molecule has 6 heteroatoms. The van der Waals surface area contributed by atoms with Crippen LogP contribution in [-0.2, 0) is 4.79 Å². The topological polar surface area (TPSA) is 79.8 Å². The van der Waals surface area contributed by atoms with E-state index in [0.717, 1.165) is 0 Å². The molecule has 116 valence electrons. The van der Waals surface area contributed by atoms with Crippen molar-refractivity contribution in [3.63, 3.8) is 0 Å². The largest absolute Gasteiger partial charge is 0.491 e. The molecular weight excluding hydrogens is 272 g/mol. The van der Waals surface area contributed by atoms with E-state index >= 15 is 0 Å². The van der Waals surface area contributed by atoms with E-state index in [9.17, 15) is 9.90 Å². The second kappa shape index (κ2) is 6.32. The third-order valence-electron chi connectivity index (χ3n) is 2.89. The number of hydrogen-bond donors (Lipinski definition) is 3. The molecule has 0 radical (unpaired) electrons. The van der Waals surface area contributed by atoms with Gasteiger partial charge in [0.15, 0.2) is 6.61 Å². The molecule has 3 N–H and O–H groups in total. The molecule has 0 aliphatic carbocycles. The average molecular weight is 294 g/mol. The molecule has 21 heavy (non-hydrogen) atoms. The summed E-state index contributed by atoms with van der Waals surface area (Å²) in [6.07, 6.45) is -0.605. The maximum Gasteiger partial charge on any atom is 0.262 e. The Morgan fingerprint density at radius 3 is 2.95 bits per heavy atom. The number of fused-ring (bicyclic) bond motifs is 1. The van der Waals surface area contributed by atoms with Crippen molar-refractivity contribution < 1.29 is 19.4 Å². The van der Waals surface area contributed by atoms with Gasteiger partial charge in [0.25, 0.3) is 5.91 Å². The zero-order chi connectivity index (χ0) is 15.5. The maximum absolute atomic E-state index is 11.3. The predicted molar refractivity (Wildman–Crippen MR) is 79.8 cm³/mol. The number of rotatable bonds is 5. The quantitative estimate of drug-likeness (QED) is 0.759. The van der Waals surface area contributed by atoms with Gasteiger partial charge in [-0.15, -0.1) is 0 Å². The summed E-state index contributed by atoms with van der Waals surface area (Å²) in [5.41, 5.74) is 0.542. The molecule has 1 amide bonds. The standard InChI is InChI=1S/C15H22N2O4/c1-15(2,3)16-7-10(18)8-20-11-4-5-13-12(6-11)17-14(19)9-21-13/h4-6,10,16,18H,7-9H2,1-3H3,(H,17,19). The van der Waals surface area contributed by atoms with Crippen molar-refractivity contribution in [3.05, 3.63) is 18.2 Å². The number of benzene rings is 1. The number of aliphatic hydroxyl groups excluding tert-OH is 1. The summed E-state index contributed by atoms with van der Waals surface area (Å²) in [7, 11) is 0. The normalized spacial score (nSPS) is 15.7. The predicted octanol–water partition coefficient (Wildman–Crippen LogP) is 1.15. The van der Waals surface area contributed by atoms with Crippen molar-refractivity contribution in [1.29, 1.82) is 0 Å². The van der Waals surface area contributed by atoms with Crippen LogP contribution in [-0.4, -0.2) is 42.4 Å². The molecule has 1 aromatic rings. The lowest BCUT2D eigenvalue weighted by molar-refractivity contribution is -0.118. The third kappa shape index (κ3) is 4.91. The number of aliphatic hydroxyl groups is 1. The molecule has 0 fully saturated rings. The van der Waals surface area contributed by atoms with Gasteiger partial charge in [0.1, 0.15) is 24.2 Å². The van der Waals surface area contributed by atoms with Crippen LogP contribution >= 0.6 is 0 Å². The fourth-order valence-electron chi connectivity index (χ4n) is 1.83. The summed E-state index contributed by atoms with van der Waals surface area (Å²) in [5, 5.41) is 15.8. The fraction of sp³-hybridized carbons (Fsp3) is 0.533. The number of amides is 1. The van der Waals surface area contributed by atoms with E-state index in [2.05, 4.69) is 10.6 Å². The van der Waals surface area contributed by atoms with Crippen molar-refractivity contribution in [3.8, 4) is 11.5 Å². The second-order valence-corrected chi connectivity index (χ2v) is 6.09. The van der Waals surface area contributed by atoms with Crippen molar-refractivity contribution in [2.45, 2.75) is 32.4 Å². The number of hydrogen-bond acceptors (Lipinski definition) is 5. The van der Waals surface area contributed by atoms with E-state index in [0.29, 0.717) is 23.7 Å². The summed E-state index contributed by atoms with van der Waals surface area (Å²) < 4.78 is 10.8. The van der Waals surface area contributed by atoms with Crippen molar-refractivity contribution in [1.82, 2.24) is 5.32 Å². The second-order valence-electron chi connectivity index (χ2n) is 6.09. The highest BCUT2D eigenvalue weighted by Crippen LogP contribution is 2.31. The van der Waals surface area contributed by atoms with Crippen LogP contribution in [0.3, 0.4) is 0 Å². The molecule has 1 atom stereocenters. The van der Waals surface area contributed by atoms with Gasteiger partial charge >= 0.3 is 0 Å². The van der Waals surface area contributed by atoms with Crippen molar-refractivity contribution in [2.75, 3.05) is 25.1 Å². The summed E-state index contributed by atoms with van der Waals surface area (Å²) >= 11 is 0. The molecule has 1 aromatic carbocycles. The Hall–Kier alpha value is -1.79. The summed E-state index contributed by atoms with van der Waals surface area (Å²) in [4.78, 5) is 11.3. The van der Waals surface area contributed by atoms with E-state index in [4.69, 9.17) is 9.47 Å². The minimum atomic E-state index is -0.605. The van der Waals surface area contributed by atoms with Gasteiger partial charge in [0.2, 0.25) is 0 Å². The molecule has 0 saturated carbocycles. The molecule has 1 aliphatic rings. The molecular formula is C15H22N2O4. The zero-order valence-corrected chi connectivity index (χ0v) is 12.6. The Balaban J connectivity index is 1.86. The molecule has 0 saturated heterocycles. The molecule has 6 nitrogen and oxygen atoms in total. The number of carbonyl (C=O) groups excluding carboxylic acids is 1. The number of carbonyl (C=O) groups is 1. The summed E-state index contributed by atoms with van der Waals surface area (Å²) in [5.74, 6) is 1.01. The van der Waals surface area contributed by atoms with Crippen molar-refractivity contribution >= 4 is 11.6 Å². The van der Waals surface area contributed by atoms with Gasteiger partial charge in [0.05, 0.1) is 5.69 Å². The Kier molecular flexibility index (Phi) is 4.69. The van der Waals surface area contributed by atoms with Crippen molar-refractivity contribution in [2.24, 2.45) is 0 Å². The first-order chi connectivity index (χ1) is 9.83. The van der Waals surface area contributed by atoms with Gasteiger partial charge in [-0.3, -0.25) is 4.79 Å². The van der Waals surface area contributed by atoms with E-state index < -0.39 is 6.10 Å². The molecule has 0 spiro atoms. The molecule has 1 heterocycles. The zero-order valence-electron chi connectivity index (χ0n) is 12.6. The number of β-amino-alcohol motifs (C(OH)–C–C–N with tert-alkyl or cyclic N) is 1. The van der Waals surface area contributed by atoms with Crippen LogP contribution in [0.2, 0.25) is 0 Å². The first-order valence-electron chi connectivity index (χ1n) is 6.96. The number of anilines is 1. The minimum absolute atomic E-state index is 0.0321. The first-order valence-corrected chi connectivity index (χ1v) is 6.96. The van der Waals surface area contributed by atoms with Crippen LogP contribution in [0.15, 0.2) is 18.2 Å². The van der Waals surface area contributed by atoms with Gasteiger partial charge in [0, 0.05) is 18.2 Å². The average Bonchev–Trinajstić information content (AvgIpc) is 2.41. The lowest BCUT2D eigenvalue weighted by Gasteiger charge is -2.23. The van der Waals surface area contributed by atoms with Gasteiger partial charge in [-0.2, -0.15) is 0 Å². The highest BCUT2D eigenvalue weighted by molar-refractivity contribution is 5.95. The number of nitrogens with one attached hydrogen (secondary N) is 2. The highest BCUT2D eigenvalue weighted by Gasteiger charge is 2.17. The van der Waals surface area contributed by atoms with Gasteiger partial charge in [-0.25, -0.2) is 0 Å². The molecule has 1 aliphatic heterocycles. The first kappa shape index (κ1) is 15.6. The maximum atomic E-state index is 11.3. The minimum Gasteiger partial charge on any atom is -0.491 e. The Bertz CT molecular complexity index is 511. The lowest BCUT2D eigenvalue weighted by Crippen LogP contribution is -2.42. The van der Waals surface area contributed by atoms with E-state index in [1.54, 1.807) is 18.2 Å². The number of ether oxygens (including phenoxy) is 2. The molecule has 2 rings (SSSR count). The van der Waals surface area contributed by atoms with Gasteiger partial charge < -0.3 is 25.2 Å². The van der Waals surface area contributed by atoms with E-state index in [1.807, 2.05) is 20.8 Å². The molecule has 1 unspecified atom stereocenters. The Morgan fingerprint density at radius 1 is 1.48 bits per heavy atom. The fourth-order valence-corrected chi connectivity index (χ4v) is 1.83. The third-order valence-corrected chi connectivity index (χ3v) is 2.89. The van der Waals surface area contributed by atoms with E-state index in [1.165, 1.54) is 0 Å². The van der Waals surface area contributed by atoms with Crippen LogP contribution in [0, 0.1) is 0 Å². The van der Waals surface area contributed by atoms with Gasteiger partial charge in [-0.1, -0.05) is 0 Å². The molecule has 0 bridgehead atoms.